The molecule has 0 saturated heterocycles. The third kappa shape index (κ3) is 3.04. The van der Waals surface area contributed by atoms with E-state index in [0.717, 1.165) is 0 Å². The number of rotatable bonds is 6. The van der Waals surface area contributed by atoms with Crippen molar-refractivity contribution in [3.05, 3.63) is 17.7 Å². The maximum atomic E-state index is 11.8. The first-order chi connectivity index (χ1) is 8.67. The molecule has 0 saturated carbocycles. The summed E-state index contributed by atoms with van der Waals surface area (Å²) < 4.78 is 15.4. The molecule has 0 aliphatic rings. The van der Waals surface area contributed by atoms with E-state index in [1.165, 1.54) is 27.4 Å². The molecule has 1 N–H and O–H groups in total. The van der Waals surface area contributed by atoms with Crippen LogP contribution in [-0.2, 0) is 4.84 Å². The molecule has 0 spiro atoms. The number of carbonyl (C=O) groups is 1. The zero-order chi connectivity index (χ0) is 13.5. The highest BCUT2D eigenvalue weighted by molar-refractivity contribution is 5.97. The summed E-state index contributed by atoms with van der Waals surface area (Å²) in [6.07, 6.45) is 0. The number of amides is 1. The molecule has 1 aromatic rings. The van der Waals surface area contributed by atoms with Crippen molar-refractivity contribution in [1.29, 1.82) is 0 Å². The highest BCUT2D eigenvalue weighted by Crippen LogP contribution is 2.34. The predicted octanol–water partition coefficient (Wildman–Crippen LogP) is 1.39. The molecule has 0 unspecified atom stereocenters. The van der Waals surface area contributed by atoms with Crippen molar-refractivity contribution in [2.24, 2.45) is 0 Å². The molecule has 0 aromatic heterocycles. The van der Waals surface area contributed by atoms with Crippen LogP contribution in [0.2, 0.25) is 0 Å². The second kappa shape index (κ2) is 6.70. The molecule has 18 heavy (non-hydrogen) atoms. The van der Waals surface area contributed by atoms with Gasteiger partial charge in [0.15, 0.2) is 11.5 Å². The van der Waals surface area contributed by atoms with E-state index in [9.17, 15) is 4.79 Å². The van der Waals surface area contributed by atoms with Crippen LogP contribution in [0.3, 0.4) is 0 Å². The fourth-order valence-electron chi connectivity index (χ4n) is 1.40. The van der Waals surface area contributed by atoms with Crippen molar-refractivity contribution >= 4 is 5.91 Å². The molecule has 0 aliphatic carbocycles. The van der Waals surface area contributed by atoms with Crippen LogP contribution >= 0.6 is 0 Å². The minimum atomic E-state index is -0.408. The summed E-state index contributed by atoms with van der Waals surface area (Å²) in [6.45, 7) is 2.15. The number of benzene rings is 1. The topological polar surface area (TPSA) is 66.0 Å². The van der Waals surface area contributed by atoms with Gasteiger partial charge >= 0.3 is 0 Å². The average Bonchev–Trinajstić information content (AvgIpc) is 2.42. The quantitative estimate of drug-likeness (QED) is 0.778. The molecular formula is C12H17NO5. The maximum Gasteiger partial charge on any atom is 0.278 e. The van der Waals surface area contributed by atoms with Crippen LogP contribution in [0, 0.1) is 0 Å². The van der Waals surface area contributed by atoms with Crippen LogP contribution in [-0.4, -0.2) is 33.8 Å². The average molecular weight is 255 g/mol. The smallest absolute Gasteiger partial charge is 0.278 e. The maximum absolute atomic E-state index is 11.8. The van der Waals surface area contributed by atoms with Gasteiger partial charge in [0.25, 0.3) is 5.91 Å². The molecule has 1 aromatic carbocycles. The van der Waals surface area contributed by atoms with E-state index in [-0.39, 0.29) is 0 Å². The van der Waals surface area contributed by atoms with Crippen LogP contribution < -0.4 is 19.7 Å². The highest BCUT2D eigenvalue weighted by atomic mass is 16.6. The van der Waals surface area contributed by atoms with E-state index in [4.69, 9.17) is 19.0 Å². The highest BCUT2D eigenvalue weighted by Gasteiger charge is 2.17. The van der Waals surface area contributed by atoms with Crippen LogP contribution in [0.1, 0.15) is 17.3 Å². The Kier molecular flexibility index (Phi) is 5.26. The van der Waals surface area contributed by atoms with Crippen molar-refractivity contribution in [2.45, 2.75) is 6.92 Å². The summed E-state index contributed by atoms with van der Waals surface area (Å²) >= 11 is 0. The van der Waals surface area contributed by atoms with Crippen molar-refractivity contribution in [1.82, 2.24) is 5.48 Å². The normalized spacial score (nSPS) is 9.78. The van der Waals surface area contributed by atoms with E-state index in [1.54, 1.807) is 13.0 Å². The van der Waals surface area contributed by atoms with Gasteiger partial charge in [0.1, 0.15) is 5.75 Å². The predicted molar refractivity (Wildman–Crippen MR) is 65.2 cm³/mol. The first-order valence-electron chi connectivity index (χ1n) is 5.40. The van der Waals surface area contributed by atoms with Gasteiger partial charge in [-0.05, 0) is 6.92 Å². The first kappa shape index (κ1) is 14.1. The standard InChI is InChI=1S/C12H17NO5/c1-5-18-13-12(14)8-6-10(16-3)11(17-4)7-9(8)15-2/h6-7H,5H2,1-4H3,(H,13,14). The molecule has 6 heteroatoms. The van der Waals surface area contributed by atoms with E-state index in [1.807, 2.05) is 0 Å². The fourth-order valence-corrected chi connectivity index (χ4v) is 1.40. The lowest BCUT2D eigenvalue weighted by atomic mass is 10.1. The zero-order valence-electron chi connectivity index (χ0n) is 10.9. The van der Waals surface area contributed by atoms with Gasteiger partial charge in [0, 0.05) is 12.1 Å². The molecule has 0 radical (unpaired) electrons. The van der Waals surface area contributed by atoms with E-state index in [0.29, 0.717) is 29.4 Å². The Labute approximate surface area is 106 Å². The monoisotopic (exact) mass is 255 g/mol. The van der Waals surface area contributed by atoms with Gasteiger partial charge in [-0.3, -0.25) is 9.63 Å². The Morgan fingerprint density at radius 2 is 1.61 bits per heavy atom. The van der Waals surface area contributed by atoms with Crippen LogP contribution in [0.5, 0.6) is 17.2 Å². The minimum Gasteiger partial charge on any atom is -0.496 e. The molecule has 1 amide bonds. The molecule has 100 valence electrons. The van der Waals surface area contributed by atoms with Gasteiger partial charge in [-0.25, -0.2) is 5.48 Å². The number of ether oxygens (including phenoxy) is 3. The largest absolute Gasteiger partial charge is 0.496 e. The Balaban J connectivity index is 3.12. The van der Waals surface area contributed by atoms with Crippen molar-refractivity contribution in [2.75, 3.05) is 27.9 Å². The Morgan fingerprint density at radius 1 is 1.06 bits per heavy atom. The number of methoxy groups -OCH3 is 3. The molecular weight excluding hydrogens is 238 g/mol. The lowest BCUT2D eigenvalue weighted by molar-refractivity contribution is 0.0362. The third-order valence-electron chi connectivity index (χ3n) is 2.26. The Hall–Kier alpha value is -1.95. The van der Waals surface area contributed by atoms with Gasteiger partial charge in [-0.15, -0.1) is 0 Å². The molecule has 0 aliphatic heterocycles. The zero-order valence-corrected chi connectivity index (χ0v) is 10.9. The third-order valence-corrected chi connectivity index (χ3v) is 2.26. The number of hydrogen-bond donors (Lipinski definition) is 1. The van der Waals surface area contributed by atoms with Crippen molar-refractivity contribution in [3.63, 3.8) is 0 Å². The van der Waals surface area contributed by atoms with E-state index in [2.05, 4.69) is 5.48 Å². The molecule has 0 atom stereocenters. The number of carbonyl (C=O) groups excluding carboxylic acids is 1. The van der Waals surface area contributed by atoms with Gasteiger partial charge in [0.2, 0.25) is 0 Å². The van der Waals surface area contributed by atoms with Crippen LogP contribution in [0.25, 0.3) is 0 Å². The number of hydroxylamine groups is 1. The Bertz CT molecular complexity index is 419. The van der Waals surface area contributed by atoms with Gasteiger partial charge in [-0.1, -0.05) is 0 Å². The van der Waals surface area contributed by atoms with Crippen molar-refractivity contribution < 1.29 is 23.8 Å². The van der Waals surface area contributed by atoms with Gasteiger partial charge < -0.3 is 14.2 Å². The van der Waals surface area contributed by atoms with E-state index < -0.39 is 5.91 Å². The van der Waals surface area contributed by atoms with Crippen LogP contribution in [0.4, 0.5) is 0 Å². The molecule has 0 fully saturated rings. The molecule has 1 rings (SSSR count). The lowest BCUT2D eigenvalue weighted by Crippen LogP contribution is -2.24. The summed E-state index contributed by atoms with van der Waals surface area (Å²) in [5.41, 5.74) is 2.61. The summed E-state index contributed by atoms with van der Waals surface area (Å²) in [7, 11) is 4.48. The second-order valence-corrected chi connectivity index (χ2v) is 3.27. The fraction of sp³-hybridized carbons (Fsp3) is 0.417. The number of nitrogens with one attached hydrogen (secondary N) is 1. The minimum absolute atomic E-state index is 0.309. The summed E-state index contributed by atoms with van der Waals surface area (Å²) in [4.78, 5) is 16.7. The molecule has 0 heterocycles. The second-order valence-electron chi connectivity index (χ2n) is 3.27. The summed E-state index contributed by atoms with van der Waals surface area (Å²) in [5.74, 6) is 0.904. The first-order valence-corrected chi connectivity index (χ1v) is 5.40. The van der Waals surface area contributed by atoms with Crippen molar-refractivity contribution in [3.8, 4) is 17.2 Å². The molecule has 6 nitrogen and oxygen atoms in total. The molecule has 0 bridgehead atoms. The number of hydrogen-bond acceptors (Lipinski definition) is 5. The summed E-state index contributed by atoms with van der Waals surface area (Å²) in [6, 6.07) is 3.12. The Morgan fingerprint density at radius 3 is 2.11 bits per heavy atom. The van der Waals surface area contributed by atoms with E-state index >= 15 is 0 Å². The van der Waals surface area contributed by atoms with Crippen LogP contribution in [0.15, 0.2) is 12.1 Å². The lowest BCUT2D eigenvalue weighted by Gasteiger charge is -2.13. The van der Waals surface area contributed by atoms with Gasteiger partial charge in [0.05, 0.1) is 33.5 Å². The summed E-state index contributed by atoms with van der Waals surface area (Å²) in [5, 5.41) is 0. The van der Waals surface area contributed by atoms with Gasteiger partial charge in [-0.2, -0.15) is 0 Å². The SMILES string of the molecule is CCONC(=O)c1cc(OC)c(OC)cc1OC.